The van der Waals surface area contributed by atoms with E-state index in [0.29, 0.717) is 28.9 Å². The molecule has 0 bridgehead atoms. The van der Waals surface area contributed by atoms with E-state index in [1.807, 2.05) is 31.2 Å². The second kappa shape index (κ2) is 13.9. The SMILES string of the molecule is C/C=C\c1c(CC)ccc(OC)c1C(NCC1CC1)c1ccc(F)c(NC(=O)c2cc(C(F)(F)F)nn2-c2cccc(CN)c2)c1. The monoisotopic (exact) mass is 635 g/mol. The van der Waals surface area contributed by atoms with E-state index in [-0.39, 0.29) is 17.9 Å². The smallest absolute Gasteiger partial charge is 0.435 e. The van der Waals surface area contributed by atoms with Crippen LogP contribution in [-0.2, 0) is 19.1 Å². The number of anilines is 1. The highest BCUT2D eigenvalue weighted by molar-refractivity contribution is 6.03. The predicted molar refractivity (Wildman–Crippen MR) is 170 cm³/mol. The molecule has 0 radical (unpaired) electrons. The Morgan fingerprint density at radius 1 is 1.15 bits per heavy atom. The molecule has 0 spiro atoms. The number of nitrogens with one attached hydrogen (secondary N) is 2. The molecular weight excluding hydrogens is 598 g/mol. The van der Waals surface area contributed by atoms with Crippen LogP contribution in [0.4, 0.5) is 23.2 Å². The number of carbonyl (C=O) groups is 1. The number of aromatic nitrogens is 2. The van der Waals surface area contributed by atoms with Crippen LogP contribution in [0.15, 0.2) is 66.7 Å². The molecule has 242 valence electrons. The van der Waals surface area contributed by atoms with Crippen LogP contribution < -0.4 is 21.1 Å². The van der Waals surface area contributed by atoms with E-state index in [1.165, 1.54) is 18.2 Å². The number of alkyl halides is 3. The van der Waals surface area contributed by atoms with Crippen molar-refractivity contribution in [3.63, 3.8) is 0 Å². The largest absolute Gasteiger partial charge is 0.496 e. The molecule has 5 rings (SSSR count). The zero-order chi connectivity index (χ0) is 33.0. The lowest BCUT2D eigenvalue weighted by Crippen LogP contribution is -2.26. The van der Waals surface area contributed by atoms with Crippen molar-refractivity contribution in [2.45, 2.75) is 51.9 Å². The van der Waals surface area contributed by atoms with Gasteiger partial charge in [0.25, 0.3) is 5.91 Å². The van der Waals surface area contributed by atoms with Gasteiger partial charge in [0.1, 0.15) is 17.3 Å². The highest BCUT2D eigenvalue weighted by atomic mass is 19.4. The van der Waals surface area contributed by atoms with Gasteiger partial charge in [0, 0.05) is 18.2 Å². The molecule has 1 saturated carbocycles. The number of nitrogens with two attached hydrogens (primary N) is 1. The first-order chi connectivity index (χ1) is 22.1. The standard InChI is InChI=1S/C35H37F4N5O2/c1-4-7-26-23(5-2)13-15-30(46-3)32(26)33(41-20-21-10-11-21)24-12-14-27(36)28(17-24)42-34(45)29-18-31(35(37,38)39)43-44(29)25-9-6-8-22(16-25)19-40/h4,6-9,12-18,21,33,41H,5,10-11,19-20,40H2,1-3H3,(H,42,45)/b7-4-. The van der Waals surface area contributed by atoms with Gasteiger partial charge in [0.15, 0.2) is 5.69 Å². The first-order valence-electron chi connectivity index (χ1n) is 15.2. The molecule has 0 saturated heterocycles. The van der Waals surface area contributed by atoms with E-state index in [9.17, 15) is 18.0 Å². The Labute approximate surface area is 265 Å². The molecule has 4 aromatic rings. The summed E-state index contributed by atoms with van der Waals surface area (Å²) in [5.74, 6) is -0.529. The van der Waals surface area contributed by atoms with Gasteiger partial charge in [0.05, 0.1) is 24.5 Å². The maximum Gasteiger partial charge on any atom is 0.435 e. The molecule has 46 heavy (non-hydrogen) atoms. The average molecular weight is 636 g/mol. The molecule has 3 aromatic carbocycles. The molecular formula is C35H37F4N5O2. The van der Waals surface area contributed by atoms with Gasteiger partial charge in [0.2, 0.25) is 0 Å². The van der Waals surface area contributed by atoms with Gasteiger partial charge >= 0.3 is 6.18 Å². The fourth-order valence-corrected chi connectivity index (χ4v) is 5.50. The highest BCUT2D eigenvalue weighted by Gasteiger charge is 2.36. The lowest BCUT2D eigenvalue weighted by Gasteiger charge is -2.26. The molecule has 7 nitrogen and oxygen atoms in total. The zero-order valence-electron chi connectivity index (χ0n) is 25.9. The lowest BCUT2D eigenvalue weighted by molar-refractivity contribution is -0.141. The number of hydrogen-bond acceptors (Lipinski definition) is 5. The Kier molecular flexibility index (Phi) is 9.93. The molecule has 1 aliphatic rings. The second-order valence-electron chi connectivity index (χ2n) is 11.3. The van der Waals surface area contributed by atoms with E-state index in [4.69, 9.17) is 10.5 Å². The summed E-state index contributed by atoms with van der Waals surface area (Å²) in [6.45, 7) is 4.86. The van der Waals surface area contributed by atoms with E-state index >= 15 is 4.39 Å². The summed E-state index contributed by atoms with van der Waals surface area (Å²) < 4.78 is 63.2. The van der Waals surface area contributed by atoms with E-state index in [0.717, 1.165) is 47.2 Å². The molecule has 0 aliphatic heterocycles. The van der Waals surface area contributed by atoms with Crippen molar-refractivity contribution in [2.75, 3.05) is 19.0 Å². The van der Waals surface area contributed by atoms with Gasteiger partial charge in [-0.15, -0.1) is 0 Å². The van der Waals surface area contributed by atoms with Crippen LogP contribution in [0.2, 0.25) is 0 Å². The summed E-state index contributed by atoms with van der Waals surface area (Å²) in [4.78, 5) is 13.6. The molecule has 1 atom stereocenters. The number of amides is 1. The van der Waals surface area contributed by atoms with Gasteiger partial charge < -0.3 is 21.1 Å². The van der Waals surface area contributed by atoms with Gasteiger partial charge in [-0.2, -0.15) is 18.3 Å². The minimum absolute atomic E-state index is 0.137. The Balaban J connectivity index is 1.57. The Bertz CT molecular complexity index is 1740. The van der Waals surface area contributed by atoms with Crippen molar-refractivity contribution in [2.24, 2.45) is 11.7 Å². The number of aryl methyl sites for hydroxylation is 1. The Morgan fingerprint density at radius 2 is 1.93 bits per heavy atom. The maximum atomic E-state index is 15.3. The summed E-state index contributed by atoms with van der Waals surface area (Å²) in [5, 5.41) is 9.81. The van der Waals surface area contributed by atoms with Crippen LogP contribution in [-0.4, -0.2) is 29.3 Å². The summed E-state index contributed by atoms with van der Waals surface area (Å²) in [7, 11) is 1.60. The van der Waals surface area contributed by atoms with Gasteiger partial charge in [-0.05, 0) is 91.2 Å². The van der Waals surface area contributed by atoms with Crippen molar-refractivity contribution in [3.05, 3.63) is 112 Å². The number of ether oxygens (including phenoxy) is 1. The van der Waals surface area contributed by atoms with Crippen molar-refractivity contribution >= 4 is 17.7 Å². The fraction of sp³-hybridized carbons (Fsp3) is 0.314. The molecule has 1 aliphatic carbocycles. The number of carbonyl (C=O) groups excluding carboxylic acids is 1. The molecule has 1 unspecified atom stereocenters. The fourth-order valence-electron chi connectivity index (χ4n) is 5.50. The minimum atomic E-state index is -4.81. The first-order valence-corrected chi connectivity index (χ1v) is 15.2. The number of allylic oxidation sites excluding steroid dienone is 1. The topological polar surface area (TPSA) is 94.2 Å². The van der Waals surface area contributed by atoms with Crippen LogP contribution in [0.5, 0.6) is 5.75 Å². The summed E-state index contributed by atoms with van der Waals surface area (Å²) >= 11 is 0. The van der Waals surface area contributed by atoms with Crippen LogP contribution >= 0.6 is 0 Å². The number of halogens is 4. The minimum Gasteiger partial charge on any atom is -0.496 e. The first kappa shape index (κ1) is 32.9. The molecule has 1 fully saturated rings. The number of hydrogen-bond donors (Lipinski definition) is 3. The maximum absolute atomic E-state index is 15.3. The third kappa shape index (κ3) is 7.16. The molecule has 1 aromatic heterocycles. The van der Waals surface area contributed by atoms with Crippen LogP contribution in [0.1, 0.15) is 76.7 Å². The molecule has 11 heteroatoms. The van der Waals surface area contributed by atoms with Gasteiger partial charge in [-0.1, -0.05) is 43.3 Å². The van der Waals surface area contributed by atoms with Crippen LogP contribution in [0, 0.1) is 11.7 Å². The third-order valence-corrected chi connectivity index (χ3v) is 8.06. The summed E-state index contributed by atoms with van der Waals surface area (Å²) in [6, 6.07) is 14.9. The summed E-state index contributed by atoms with van der Waals surface area (Å²) in [6.07, 6.45) is 2.16. The van der Waals surface area contributed by atoms with E-state index in [2.05, 4.69) is 22.7 Å². The molecule has 1 heterocycles. The highest BCUT2D eigenvalue weighted by Crippen LogP contribution is 2.39. The van der Waals surface area contributed by atoms with Crippen LogP contribution in [0.25, 0.3) is 11.8 Å². The number of benzene rings is 3. The Hall–Kier alpha value is -4.48. The average Bonchev–Trinajstić information content (AvgIpc) is 3.76. The van der Waals surface area contributed by atoms with E-state index in [1.54, 1.807) is 31.4 Å². The van der Waals surface area contributed by atoms with Crippen molar-refractivity contribution in [3.8, 4) is 11.4 Å². The van der Waals surface area contributed by atoms with Crippen molar-refractivity contribution in [1.29, 1.82) is 0 Å². The van der Waals surface area contributed by atoms with Crippen molar-refractivity contribution in [1.82, 2.24) is 15.1 Å². The third-order valence-electron chi connectivity index (χ3n) is 8.06. The molecule has 1 amide bonds. The zero-order valence-corrected chi connectivity index (χ0v) is 25.9. The van der Waals surface area contributed by atoms with Gasteiger partial charge in [-0.25, -0.2) is 9.07 Å². The predicted octanol–water partition coefficient (Wildman–Crippen LogP) is 7.43. The lowest BCUT2D eigenvalue weighted by atomic mass is 9.89. The number of nitrogens with zero attached hydrogens (tertiary/aromatic N) is 2. The second-order valence-corrected chi connectivity index (χ2v) is 11.3. The summed E-state index contributed by atoms with van der Waals surface area (Å²) in [5.41, 5.74) is 8.32. The van der Waals surface area contributed by atoms with Gasteiger partial charge in [-0.3, -0.25) is 4.79 Å². The molecule has 4 N–H and O–H groups in total. The normalized spacial score (nSPS) is 14.1. The number of rotatable bonds is 12. The quantitative estimate of drug-likeness (QED) is 0.141. The van der Waals surface area contributed by atoms with Crippen molar-refractivity contribution < 1.29 is 27.1 Å². The van der Waals surface area contributed by atoms with E-state index < -0.39 is 35.3 Å². The Morgan fingerprint density at radius 3 is 2.59 bits per heavy atom. The number of methoxy groups -OCH3 is 1. The van der Waals surface area contributed by atoms with Crippen LogP contribution in [0.3, 0.4) is 0 Å².